The number of nitrogens with zero attached hydrogens (tertiary/aromatic N) is 1. The molecule has 45 heavy (non-hydrogen) atoms. The second-order valence-electron chi connectivity index (χ2n) is 11.7. The van der Waals surface area contributed by atoms with Crippen LogP contribution in [0.5, 0.6) is 17.2 Å². The molecule has 0 radical (unpaired) electrons. The number of methoxy groups -OCH3 is 2. The summed E-state index contributed by atoms with van der Waals surface area (Å²) in [4.78, 5) is 31.0. The first-order chi connectivity index (χ1) is 21.7. The summed E-state index contributed by atoms with van der Waals surface area (Å²) >= 11 is 13.1. The largest absolute Gasteiger partial charge is 0.493 e. The average molecular weight is 655 g/mol. The summed E-state index contributed by atoms with van der Waals surface area (Å²) in [5, 5.41) is 4.30. The lowest BCUT2D eigenvalue weighted by molar-refractivity contribution is -0.131. The van der Waals surface area contributed by atoms with Gasteiger partial charge in [0.1, 0.15) is 0 Å². The van der Waals surface area contributed by atoms with Crippen LogP contribution in [0.1, 0.15) is 60.5 Å². The Kier molecular flexibility index (Phi) is 9.87. The lowest BCUT2D eigenvalue weighted by Crippen LogP contribution is -2.70. The summed E-state index contributed by atoms with van der Waals surface area (Å²) < 4.78 is 17.1. The molecule has 4 atom stereocenters. The molecule has 2 fully saturated rings. The van der Waals surface area contributed by atoms with Crippen LogP contribution in [0.25, 0.3) is 0 Å². The van der Waals surface area contributed by atoms with E-state index in [9.17, 15) is 9.59 Å². The van der Waals surface area contributed by atoms with E-state index in [1.165, 1.54) is 14.2 Å². The molecule has 0 saturated carbocycles. The molecule has 0 aliphatic carbocycles. The third-order valence-electron chi connectivity index (χ3n) is 9.80. The normalized spacial score (nSPS) is 24.7. The first-order valence-electron chi connectivity index (χ1n) is 15.4. The Labute approximate surface area is 275 Å². The molecule has 5 rings (SSSR count). The average Bonchev–Trinajstić information content (AvgIpc) is 3.60. The molecule has 2 aliphatic heterocycles. The van der Waals surface area contributed by atoms with Gasteiger partial charge in [0.2, 0.25) is 11.7 Å². The van der Waals surface area contributed by atoms with Gasteiger partial charge in [0, 0.05) is 24.6 Å². The molecule has 2 saturated heterocycles. The van der Waals surface area contributed by atoms with Crippen LogP contribution in [-0.2, 0) is 10.2 Å². The van der Waals surface area contributed by atoms with Gasteiger partial charge in [-0.2, -0.15) is 0 Å². The van der Waals surface area contributed by atoms with Gasteiger partial charge in [-0.15, -0.1) is 0 Å². The third kappa shape index (κ3) is 5.51. The van der Waals surface area contributed by atoms with E-state index in [4.69, 9.17) is 43.1 Å². The van der Waals surface area contributed by atoms with E-state index in [-0.39, 0.29) is 11.8 Å². The predicted octanol–water partition coefficient (Wildman–Crippen LogP) is 6.22. The number of carbonyl (C=O) groups is 2. The zero-order chi connectivity index (χ0) is 32.4. The fourth-order valence-corrected chi connectivity index (χ4v) is 8.23. The highest BCUT2D eigenvalue weighted by Gasteiger charge is 2.64. The minimum absolute atomic E-state index is 0.000136. The van der Waals surface area contributed by atoms with Crippen molar-refractivity contribution in [3.8, 4) is 17.2 Å². The number of likely N-dealkylation sites (tertiary alicyclic amines) is 1. The van der Waals surface area contributed by atoms with Gasteiger partial charge in [-0.05, 0) is 74.0 Å². The van der Waals surface area contributed by atoms with Gasteiger partial charge in [0.25, 0.3) is 5.91 Å². The number of nitrogens with one attached hydrogen (secondary N) is 1. The smallest absolute Gasteiger partial charge is 0.254 e. The van der Waals surface area contributed by atoms with Crippen molar-refractivity contribution in [1.29, 1.82) is 0 Å². The Balaban J connectivity index is 1.80. The number of halogens is 2. The first kappa shape index (κ1) is 32.9. The summed E-state index contributed by atoms with van der Waals surface area (Å²) in [5.74, 6) is 0.0550. The van der Waals surface area contributed by atoms with Crippen LogP contribution < -0.4 is 25.3 Å². The summed E-state index contributed by atoms with van der Waals surface area (Å²) in [7, 11) is 3.07. The standard InChI is InChI=1S/C35H41Cl2N3O5/c1-5-35(25-14-16-39-21-25)31(22-12-13-26(36)27(37)18-22)34(33(38)42,24-10-8-7-9-11-24)15-17-40(35)32(41)23-19-28(43-3)30(44-4)29(20-23)45-6-2/h7-13,18-20,25,31,39H,5-6,14-17,21H2,1-4H3,(H2,38,42). The number of ether oxygens (including phenoxy) is 3. The Bertz CT molecular complexity index is 1550. The van der Waals surface area contributed by atoms with Crippen molar-refractivity contribution in [2.75, 3.05) is 40.5 Å². The maximum absolute atomic E-state index is 15.0. The van der Waals surface area contributed by atoms with Crippen molar-refractivity contribution in [3.63, 3.8) is 0 Å². The number of primary amides is 1. The molecule has 3 aromatic carbocycles. The highest BCUT2D eigenvalue weighted by atomic mass is 35.5. The monoisotopic (exact) mass is 653 g/mol. The van der Waals surface area contributed by atoms with Gasteiger partial charge < -0.3 is 30.2 Å². The van der Waals surface area contributed by atoms with Crippen LogP contribution in [0.4, 0.5) is 0 Å². The summed E-state index contributed by atoms with van der Waals surface area (Å²) in [6, 6.07) is 18.6. The zero-order valence-corrected chi connectivity index (χ0v) is 27.7. The zero-order valence-electron chi connectivity index (χ0n) is 26.2. The van der Waals surface area contributed by atoms with Gasteiger partial charge >= 0.3 is 0 Å². The Hall–Kier alpha value is -3.46. The number of hydrogen-bond donors (Lipinski definition) is 2. The van der Waals surface area contributed by atoms with Crippen LogP contribution in [0, 0.1) is 5.92 Å². The number of hydrogen-bond acceptors (Lipinski definition) is 6. The number of amides is 2. The summed E-state index contributed by atoms with van der Waals surface area (Å²) in [6.45, 7) is 6.11. The van der Waals surface area contributed by atoms with Gasteiger partial charge in [0.05, 0.1) is 41.8 Å². The molecular formula is C35H41Cl2N3O5. The minimum atomic E-state index is -1.14. The second-order valence-corrected chi connectivity index (χ2v) is 12.5. The summed E-state index contributed by atoms with van der Waals surface area (Å²) in [5.41, 5.74) is 6.53. The molecule has 3 aromatic rings. The van der Waals surface area contributed by atoms with Crippen molar-refractivity contribution < 1.29 is 23.8 Å². The number of rotatable bonds is 10. The molecule has 10 heteroatoms. The van der Waals surface area contributed by atoms with E-state index in [1.54, 1.807) is 18.2 Å². The maximum atomic E-state index is 15.0. The van der Waals surface area contributed by atoms with E-state index >= 15 is 0 Å². The van der Waals surface area contributed by atoms with Crippen molar-refractivity contribution >= 4 is 35.0 Å². The Morgan fingerprint density at radius 2 is 1.73 bits per heavy atom. The lowest BCUT2D eigenvalue weighted by Gasteiger charge is -2.61. The fourth-order valence-electron chi connectivity index (χ4n) is 7.93. The fraction of sp³-hybridized carbons (Fsp3) is 0.429. The highest BCUT2D eigenvalue weighted by molar-refractivity contribution is 6.42. The van der Waals surface area contributed by atoms with Gasteiger partial charge in [-0.1, -0.05) is 66.5 Å². The predicted molar refractivity (Wildman–Crippen MR) is 177 cm³/mol. The van der Waals surface area contributed by atoms with E-state index in [1.807, 2.05) is 54.3 Å². The molecule has 3 N–H and O–H groups in total. The molecule has 2 heterocycles. The molecule has 240 valence electrons. The molecule has 0 bridgehead atoms. The Morgan fingerprint density at radius 1 is 1.00 bits per heavy atom. The van der Waals surface area contributed by atoms with Gasteiger partial charge in [0.15, 0.2) is 11.5 Å². The number of piperidine rings is 1. The van der Waals surface area contributed by atoms with Crippen LogP contribution in [0.3, 0.4) is 0 Å². The van der Waals surface area contributed by atoms with Gasteiger partial charge in [-0.25, -0.2) is 0 Å². The molecule has 0 aromatic heterocycles. The number of benzene rings is 3. The lowest BCUT2D eigenvalue weighted by atomic mass is 9.51. The quantitative estimate of drug-likeness (QED) is 0.269. The third-order valence-corrected chi connectivity index (χ3v) is 10.5. The van der Waals surface area contributed by atoms with Crippen LogP contribution in [0.2, 0.25) is 10.0 Å². The maximum Gasteiger partial charge on any atom is 0.254 e. The molecule has 0 spiro atoms. The van der Waals surface area contributed by atoms with Gasteiger partial charge in [-0.3, -0.25) is 9.59 Å². The van der Waals surface area contributed by atoms with Crippen LogP contribution >= 0.6 is 23.2 Å². The SMILES string of the molecule is CCOc1cc(C(=O)N2CCC(C(N)=O)(c3ccccc3)C(c3ccc(Cl)c(Cl)c3)C2(CC)C2CCNC2)cc(OC)c1OC. The van der Waals surface area contributed by atoms with E-state index in [2.05, 4.69) is 12.2 Å². The van der Waals surface area contributed by atoms with Crippen LogP contribution in [0.15, 0.2) is 60.7 Å². The highest BCUT2D eigenvalue weighted by Crippen LogP contribution is 2.59. The summed E-state index contributed by atoms with van der Waals surface area (Å²) in [6.07, 6.45) is 1.69. The molecule has 2 aliphatic rings. The van der Waals surface area contributed by atoms with Crippen molar-refractivity contribution in [1.82, 2.24) is 10.2 Å². The van der Waals surface area contributed by atoms with E-state index in [0.717, 1.165) is 24.1 Å². The number of carbonyl (C=O) groups excluding carboxylic acids is 2. The van der Waals surface area contributed by atoms with Crippen molar-refractivity contribution in [3.05, 3.63) is 87.4 Å². The second kappa shape index (κ2) is 13.5. The van der Waals surface area contributed by atoms with Crippen molar-refractivity contribution in [2.45, 2.75) is 50.0 Å². The van der Waals surface area contributed by atoms with Crippen LogP contribution in [-0.4, -0.2) is 62.7 Å². The number of nitrogens with two attached hydrogens (primary N) is 1. The van der Waals surface area contributed by atoms with Crippen molar-refractivity contribution in [2.24, 2.45) is 11.7 Å². The van der Waals surface area contributed by atoms with E-state index < -0.39 is 22.8 Å². The topological polar surface area (TPSA) is 103 Å². The molecule has 4 unspecified atom stereocenters. The van der Waals surface area contributed by atoms with E-state index in [0.29, 0.717) is 65.4 Å². The minimum Gasteiger partial charge on any atom is -0.493 e. The first-order valence-corrected chi connectivity index (χ1v) is 16.2. The molecule has 2 amide bonds. The molecule has 8 nitrogen and oxygen atoms in total. The molecular weight excluding hydrogens is 613 g/mol. The Morgan fingerprint density at radius 3 is 2.31 bits per heavy atom.